The van der Waals surface area contributed by atoms with Crippen molar-refractivity contribution in [3.8, 4) is 0 Å². The van der Waals surface area contributed by atoms with Gasteiger partial charge in [0.25, 0.3) is 0 Å². The Hall–Kier alpha value is -2.67. The van der Waals surface area contributed by atoms with Crippen LogP contribution in [0, 0.1) is 12.8 Å². The quantitative estimate of drug-likeness (QED) is 0.763. The van der Waals surface area contributed by atoms with E-state index in [0.717, 1.165) is 30.1 Å². The van der Waals surface area contributed by atoms with E-state index in [1.54, 1.807) is 6.20 Å². The molecule has 0 amide bonds. The van der Waals surface area contributed by atoms with Crippen molar-refractivity contribution in [2.45, 2.75) is 26.7 Å². The van der Waals surface area contributed by atoms with Crippen LogP contribution in [0.2, 0.25) is 0 Å². The molecule has 1 saturated heterocycles. The number of rotatable bonds is 4. The fraction of sp³-hybridized carbons (Fsp3) is 0.450. The van der Waals surface area contributed by atoms with Crippen LogP contribution < -0.4 is 10.3 Å². The molecule has 27 heavy (non-hydrogen) atoms. The van der Waals surface area contributed by atoms with Crippen LogP contribution in [0.1, 0.15) is 25.5 Å². The van der Waals surface area contributed by atoms with Crippen molar-refractivity contribution in [2.24, 2.45) is 13.0 Å². The Balaban J connectivity index is 1.56. The molecule has 0 bridgehead atoms. The number of hydrazine groups is 1. The van der Waals surface area contributed by atoms with Crippen LogP contribution >= 0.6 is 0 Å². The number of benzene rings is 1. The predicted molar refractivity (Wildman–Crippen MR) is 109 cm³/mol. The zero-order chi connectivity index (χ0) is 19.0. The molecule has 0 aliphatic carbocycles. The van der Waals surface area contributed by atoms with Gasteiger partial charge in [-0.15, -0.1) is 0 Å². The van der Waals surface area contributed by atoms with Crippen LogP contribution in [0.3, 0.4) is 0 Å². The highest BCUT2D eigenvalue weighted by atomic mass is 15.5. The molecular weight excluding hydrogens is 338 g/mol. The molecule has 3 aromatic rings. The third kappa shape index (κ3) is 3.60. The molecule has 3 heterocycles. The summed E-state index contributed by atoms with van der Waals surface area (Å²) in [7, 11) is 3.99. The maximum Gasteiger partial charge on any atom is 0.239 e. The second-order valence-electron chi connectivity index (χ2n) is 7.51. The first-order chi connectivity index (χ1) is 13.0. The van der Waals surface area contributed by atoms with Crippen molar-refractivity contribution in [2.75, 3.05) is 30.5 Å². The van der Waals surface area contributed by atoms with E-state index >= 15 is 0 Å². The Morgan fingerprint density at radius 3 is 2.93 bits per heavy atom. The largest absolute Gasteiger partial charge is 0.329 e. The second-order valence-corrected chi connectivity index (χ2v) is 7.51. The van der Waals surface area contributed by atoms with E-state index in [2.05, 4.69) is 57.5 Å². The number of hydrogen-bond donors (Lipinski definition) is 1. The SMILES string of the molecule is Cc1c2ccc(N(C)c3ccnc(NN4CCCC(C)C4)n3)cc2nn1C. The Labute approximate surface area is 160 Å². The highest BCUT2D eigenvalue weighted by Gasteiger charge is 2.17. The predicted octanol–water partition coefficient (Wildman–Crippen LogP) is 3.50. The van der Waals surface area contributed by atoms with E-state index in [0.29, 0.717) is 11.9 Å². The number of fused-ring (bicyclic) bond motifs is 1. The molecule has 1 aromatic carbocycles. The van der Waals surface area contributed by atoms with E-state index < -0.39 is 0 Å². The van der Waals surface area contributed by atoms with Crippen molar-refractivity contribution in [3.63, 3.8) is 0 Å². The summed E-state index contributed by atoms with van der Waals surface area (Å²) in [6.07, 6.45) is 4.30. The van der Waals surface area contributed by atoms with Gasteiger partial charge >= 0.3 is 0 Å². The third-order valence-electron chi connectivity index (χ3n) is 5.40. The summed E-state index contributed by atoms with van der Waals surface area (Å²) in [6.45, 7) is 6.43. The van der Waals surface area contributed by atoms with E-state index in [9.17, 15) is 0 Å². The fourth-order valence-corrected chi connectivity index (χ4v) is 3.68. The van der Waals surface area contributed by atoms with Crippen LogP contribution in [0.15, 0.2) is 30.5 Å². The number of anilines is 3. The number of aryl methyl sites for hydroxylation is 2. The first kappa shape index (κ1) is 17.7. The molecule has 1 N–H and O–H groups in total. The van der Waals surface area contributed by atoms with Gasteiger partial charge in [-0.25, -0.2) is 9.99 Å². The number of nitrogens with one attached hydrogen (secondary N) is 1. The van der Waals surface area contributed by atoms with Gasteiger partial charge in [0.2, 0.25) is 5.95 Å². The fourth-order valence-electron chi connectivity index (χ4n) is 3.68. The average Bonchev–Trinajstić information content (AvgIpc) is 2.95. The molecule has 0 radical (unpaired) electrons. The van der Waals surface area contributed by atoms with Gasteiger partial charge in [-0.2, -0.15) is 10.1 Å². The lowest BCUT2D eigenvalue weighted by molar-refractivity contribution is 0.217. The maximum absolute atomic E-state index is 4.71. The van der Waals surface area contributed by atoms with Gasteiger partial charge in [0, 0.05) is 50.1 Å². The molecule has 2 aromatic heterocycles. The maximum atomic E-state index is 4.71. The minimum atomic E-state index is 0.642. The minimum Gasteiger partial charge on any atom is -0.329 e. The van der Waals surface area contributed by atoms with Crippen LogP contribution in [0.4, 0.5) is 17.5 Å². The monoisotopic (exact) mass is 365 g/mol. The van der Waals surface area contributed by atoms with E-state index in [1.807, 2.05) is 24.8 Å². The van der Waals surface area contributed by atoms with Gasteiger partial charge in [0.1, 0.15) is 5.82 Å². The number of hydrogen-bond acceptors (Lipinski definition) is 6. The smallest absolute Gasteiger partial charge is 0.239 e. The average molecular weight is 365 g/mol. The Bertz CT molecular complexity index is 949. The summed E-state index contributed by atoms with van der Waals surface area (Å²) in [5, 5.41) is 7.99. The van der Waals surface area contributed by atoms with Crippen molar-refractivity contribution in [1.82, 2.24) is 24.8 Å². The van der Waals surface area contributed by atoms with Crippen LogP contribution in [-0.4, -0.2) is 44.9 Å². The lowest BCUT2D eigenvalue weighted by atomic mass is 10.0. The molecular formula is C20H27N7. The third-order valence-corrected chi connectivity index (χ3v) is 5.40. The first-order valence-electron chi connectivity index (χ1n) is 9.53. The molecule has 0 saturated carbocycles. The van der Waals surface area contributed by atoms with Crippen molar-refractivity contribution in [1.29, 1.82) is 0 Å². The molecule has 142 valence electrons. The first-order valence-corrected chi connectivity index (χ1v) is 9.53. The summed E-state index contributed by atoms with van der Waals surface area (Å²) in [5.74, 6) is 2.19. The topological polar surface area (TPSA) is 62.1 Å². The molecule has 1 unspecified atom stereocenters. The van der Waals surface area contributed by atoms with Gasteiger partial charge in [-0.05, 0) is 49.9 Å². The summed E-state index contributed by atoms with van der Waals surface area (Å²) >= 11 is 0. The summed E-state index contributed by atoms with van der Waals surface area (Å²) in [6, 6.07) is 8.26. The van der Waals surface area contributed by atoms with Gasteiger partial charge in [-0.3, -0.25) is 10.1 Å². The van der Waals surface area contributed by atoms with E-state index in [-0.39, 0.29) is 0 Å². The number of aromatic nitrogens is 4. The van der Waals surface area contributed by atoms with E-state index in [1.165, 1.54) is 23.9 Å². The normalized spacial score (nSPS) is 18.0. The Kier molecular flexibility index (Phi) is 4.70. The lowest BCUT2D eigenvalue weighted by Gasteiger charge is -2.31. The molecule has 1 fully saturated rings. The van der Waals surface area contributed by atoms with Crippen LogP contribution in [0.25, 0.3) is 10.9 Å². The zero-order valence-corrected chi connectivity index (χ0v) is 16.5. The molecule has 7 nitrogen and oxygen atoms in total. The Morgan fingerprint density at radius 2 is 2.11 bits per heavy atom. The van der Waals surface area contributed by atoms with Crippen molar-refractivity contribution < 1.29 is 0 Å². The van der Waals surface area contributed by atoms with Gasteiger partial charge in [-0.1, -0.05) is 6.92 Å². The number of piperidine rings is 1. The van der Waals surface area contributed by atoms with Crippen LogP contribution in [0.5, 0.6) is 0 Å². The zero-order valence-electron chi connectivity index (χ0n) is 16.5. The lowest BCUT2D eigenvalue weighted by Crippen LogP contribution is -2.39. The highest BCUT2D eigenvalue weighted by Crippen LogP contribution is 2.27. The molecule has 1 aliphatic heterocycles. The number of nitrogens with zero attached hydrogens (tertiary/aromatic N) is 6. The molecule has 1 aliphatic rings. The van der Waals surface area contributed by atoms with Gasteiger partial charge in [0.05, 0.1) is 5.52 Å². The summed E-state index contributed by atoms with van der Waals surface area (Å²) < 4.78 is 1.92. The molecule has 7 heteroatoms. The van der Waals surface area contributed by atoms with Gasteiger partial charge in [0.15, 0.2) is 0 Å². The Morgan fingerprint density at radius 1 is 1.26 bits per heavy atom. The van der Waals surface area contributed by atoms with Gasteiger partial charge < -0.3 is 4.90 Å². The standard InChI is InChI=1S/C20H27N7/c1-14-6-5-11-27(13-14)24-20-21-10-9-19(22-20)25(3)16-7-8-17-15(2)26(4)23-18(17)12-16/h7-10,12,14H,5-6,11,13H2,1-4H3,(H,21,22,24). The molecule has 0 spiro atoms. The minimum absolute atomic E-state index is 0.642. The van der Waals surface area contributed by atoms with Crippen LogP contribution in [-0.2, 0) is 7.05 Å². The van der Waals surface area contributed by atoms with E-state index in [4.69, 9.17) is 4.98 Å². The molecule has 1 atom stereocenters. The molecule has 4 rings (SSSR count). The van der Waals surface area contributed by atoms with Crippen molar-refractivity contribution in [3.05, 3.63) is 36.2 Å². The van der Waals surface area contributed by atoms with Crippen molar-refractivity contribution >= 4 is 28.4 Å². The highest BCUT2D eigenvalue weighted by molar-refractivity contribution is 5.85. The summed E-state index contributed by atoms with van der Waals surface area (Å²) in [4.78, 5) is 11.2. The summed E-state index contributed by atoms with van der Waals surface area (Å²) in [5.41, 5.74) is 6.58. The second kappa shape index (κ2) is 7.15.